The molecular formula is C23H22FN3O2. The standard InChI is InChI=1S/C23H22FN3O2/c1-23(2,3)16-8-10-17(11-9-16)26-21(28)15-12-13-25-20(14-15)22(29)27-19-7-5-4-6-18(19)24/h4-14H,1-3H3,(H,26,28)(H,27,29). The average molecular weight is 391 g/mol. The Hall–Kier alpha value is -3.54. The predicted octanol–water partition coefficient (Wildman–Crippen LogP) is 5.02. The fourth-order valence-corrected chi connectivity index (χ4v) is 2.70. The summed E-state index contributed by atoms with van der Waals surface area (Å²) in [6.07, 6.45) is 1.37. The molecule has 6 heteroatoms. The number of para-hydroxylation sites is 1. The maximum atomic E-state index is 13.7. The molecule has 0 aliphatic heterocycles. The zero-order chi connectivity index (χ0) is 21.0. The summed E-state index contributed by atoms with van der Waals surface area (Å²) < 4.78 is 13.7. The summed E-state index contributed by atoms with van der Waals surface area (Å²) in [5.41, 5.74) is 2.17. The summed E-state index contributed by atoms with van der Waals surface area (Å²) in [6, 6.07) is 16.3. The van der Waals surface area contributed by atoms with Gasteiger partial charge in [-0.3, -0.25) is 14.6 Å². The Morgan fingerprint density at radius 2 is 1.59 bits per heavy atom. The third kappa shape index (κ3) is 5.04. The number of benzene rings is 2. The minimum absolute atomic E-state index is 0.0176. The molecule has 0 radical (unpaired) electrons. The van der Waals surface area contributed by atoms with E-state index >= 15 is 0 Å². The molecule has 29 heavy (non-hydrogen) atoms. The van der Waals surface area contributed by atoms with Crippen LogP contribution in [-0.4, -0.2) is 16.8 Å². The zero-order valence-corrected chi connectivity index (χ0v) is 16.5. The number of halogens is 1. The summed E-state index contributed by atoms with van der Waals surface area (Å²) in [4.78, 5) is 28.9. The van der Waals surface area contributed by atoms with Crippen LogP contribution < -0.4 is 10.6 Å². The van der Waals surface area contributed by atoms with Crippen molar-refractivity contribution in [1.29, 1.82) is 0 Å². The van der Waals surface area contributed by atoms with Gasteiger partial charge in [0.05, 0.1) is 5.69 Å². The van der Waals surface area contributed by atoms with Crippen LogP contribution in [0.25, 0.3) is 0 Å². The molecule has 0 unspecified atom stereocenters. The van der Waals surface area contributed by atoms with Crippen molar-refractivity contribution in [2.24, 2.45) is 0 Å². The monoisotopic (exact) mass is 391 g/mol. The fraction of sp³-hybridized carbons (Fsp3) is 0.174. The van der Waals surface area contributed by atoms with E-state index in [-0.39, 0.29) is 28.3 Å². The molecule has 0 spiro atoms. The van der Waals surface area contributed by atoms with Crippen LogP contribution in [0.4, 0.5) is 15.8 Å². The molecule has 0 bridgehead atoms. The molecule has 148 valence electrons. The number of nitrogens with zero attached hydrogens (tertiary/aromatic N) is 1. The van der Waals surface area contributed by atoms with E-state index < -0.39 is 11.7 Å². The SMILES string of the molecule is CC(C)(C)c1ccc(NC(=O)c2ccnc(C(=O)Nc3ccccc3F)c2)cc1. The minimum atomic E-state index is -0.598. The number of hydrogen-bond donors (Lipinski definition) is 2. The second-order valence-corrected chi connectivity index (χ2v) is 7.65. The highest BCUT2D eigenvalue weighted by Crippen LogP contribution is 2.23. The lowest BCUT2D eigenvalue weighted by atomic mass is 9.87. The second-order valence-electron chi connectivity index (χ2n) is 7.65. The summed E-state index contributed by atoms with van der Waals surface area (Å²) in [5.74, 6) is -1.51. The van der Waals surface area contributed by atoms with Crippen LogP contribution >= 0.6 is 0 Å². The number of carbonyl (C=O) groups excluding carboxylic acids is 2. The van der Waals surface area contributed by atoms with Crippen LogP contribution in [0.5, 0.6) is 0 Å². The van der Waals surface area contributed by atoms with E-state index in [2.05, 4.69) is 36.4 Å². The van der Waals surface area contributed by atoms with Gasteiger partial charge in [0, 0.05) is 17.4 Å². The lowest BCUT2D eigenvalue weighted by Gasteiger charge is -2.19. The van der Waals surface area contributed by atoms with Crippen LogP contribution in [0.1, 0.15) is 47.2 Å². The van der Waals surface area contributed by atoms with E-state index in [4.69, 9.17) is 0 Å². The van der Waals surface area contributed by atoms with Gasteiger partial charge in [-0.25, -0.2) is 4.39 Å². The van der Waals surface area contributed by atoms with Crippen LogP contribution in [0.3, 0.4) is 0 Å². The first-order valence-electron chi connectivity index (χ1n) is 9.18. The number of amides is 2. The summed E-state index contributed by atoms with van der Waals surface area (Å²) in [6.45, 7) is 6.35. The summed E-state index contributed by atoms with van der Waals surface area (Å²) in [7, 11) is 0. The van der Waals surface area contributed by atoms with Crippen LogP contribution in [0.2, 0.25) is 0 Å². The van der Waals surface area contributed by atoms with Crippen molar-refractivity contribution < 1.29 is 14.0 Å². The van der Waals surface area contributed by atoms with Gasteiger partial charge in [-0.05, 0) is 47.4 Å². The number of carbonyl (C=O) groups is 2. The number of pyridine rings is 1. The molecule has 1 aromatic heterocycles. The van der Waals surface area contributed by atoms with Gasteiger partial charge in [0.2, 0.25) is 0 Å². The molecule has 0 atom stereocenters. The van der Waals surface area contributed by atoms with E-state index in [1.807, 2.05) is 24.3 Å². The first-order valence-corrected chi connectivity index (χ1v) is 9.18. The van der Waals surface area contributed by atoms with Crippen molar-refractivity contribution in [2.45, 2.75) is 26.2 Å². The van der Waals surface area contributed by atoms with Crippen LogP contribution in [0.15, 0.2) is 66.9 Å². The van der Waals surface area contributed by atoms with Gasteiger partial charge in [0.25, 0.3) is 11.8 Å². The molecule has 0 aliphatic carbocycles. The lowest BCUT2D eigenvalue weighted by Crippen LogP contribution is -2.17. The van der Waals surface area contributed by atoms with Crippen LogP contribution in [-0.2, 0) is 5.41 Å². The van der Waals surface area contributed by atoms with Gasteiger partial charge in [-0.1, -0.05) is 45.0 Å². The van der Waals surface area contributed by atoms with Crippen molar-refractivity contribution in [3.8, 4) is 0 Å². The molecule has 2 N–H and O–H groups in total. The normalized spacial score (nSPS) is 11.0. The Labute approximate surface area is 169 Å². The van der Waals surface area contributed by atoms with E-state index in [0.29, 0.717) is 5.69 Å². The average Bonchev–Trinajstić information content (AvgIpc) is 2.69. The number of aromatic nitrogens is 1. The third-order valence-corrected chi connectivity index (χ3v) is 4.39. The molecule has 0 saturated heterocycles. The first kappa shape index (κ1) is 20.2. The van der Waals surface area contributed by atoms with E-state index in [1.54, 1.807) is 6.07 Å². The molecular weight excluding hydrogens is 369 g/mol. The Kier molecular flexibility index (Phi) is 5.73. The van der Waals surface area contributed by atoms with E-state index in [0.717, 1.165) is 5.56 Å². The molecule has 0 aliphatic rings. The maximum absolute atomic E-state index is 13.7. The van der Waals surface area contributed by atoms with Crippen molar-refractivity contribution >= 4 is 23.2 Å². The van der Waals surface area contributed by atoms with Gasteiger partial charge in [0.15, 0.2) is 0 Å². The molecule has 0 fully saturated rings. The fourth-order valence-electron chi connectivity index (χ4n) is 2.70. The second kappa shape index (κ2) is 8.22. The Morgan fingerprint density at radius 3 is 2.24 bits per heavy atom. The zero-order valence-electron chi connectivity index (χ0n) is 16.5. The molecule has 3 rings (SSSR count). The molecule has 2 aromatic carbocycles. The molecule has 0 saturated carbocycles. The van der Waals surface area contributed by atoms with Gasteiger partial charge < -0.3 is 10.6 Å². The highest BCUT2D eigenvalue weighted by molar-refractivity contribution is 6.07. The highest BCUT2D eigenvalue weighted by Gasteiger charge is 2.15. The lowest BCUT2D eigenvalue weighted by molar-refractivity contribution is 0.102. The molecule has 3 aromatic rings. The van der Waals surface area contributed by atoms with Gasteiger partial charge in [0.1, 0.15) is 11.5 Å². The van der Waals surface area contributed by atoms with Crippen molar-refractivity contribution in [1.82, 2.24) is 4.98 Å². The Balaban J connectivity index is 1.72. The van der Waals surface area contributed by atoms with E-state index in [1.165, 1.54) is 36.5 Å². The number of rotatable bonds is 4. The number of anilines is 2. The summed E-state index contributed by atoms with van der Waals surface area (Å²) in [5, 5.41) is 5.26. The smallest absolute Gasteiger partial charge is 0.274 e. The molecule has 2 amide bonds. The first-order chi connectivity index (χ1) is 13.7. The Morgan fingerprint density at radius 1 is 0.897 bits per heavy atom. The highest BCUT2D eigenvalue weighted by atomic mass is 19.1. The topological polar surface area (TPSA) is 71.1 Å². The maximum Gasteiger partial charge on any atom is 0.274 e. The van der Waals surface area contributed by atoms with Gasteiger partial charge in [-0.2, -0.15) is 0 Å². The van der Waals surface area contributed by atoms with Crippen LogP contribution in [0, 0.1) is 5.82 Å². The van der Waals surface area contributed by atoms with Crippen molar-refractivity contribution in [2.75, 3.05) is 10.6 Å². The molecule has 5 nitrogen and oxygen atoms in total. The van der Waals surface area contributed by atoms with Crippen molar-refractivity contribution in [3.05, 3.63) is 89.5 Å². The molecule has 1 heterocycles. The number of nitrogens with one attached hydrogen (secondary N) is 2. The quantitative estimate of drug-likeness (QED) is 0.656. The predicted molar refractivity (Wildman–Crippen MR) is 112 cm³/mol. The number of hydrogen-bond acceptors (Lipinski definition) is 3. The third-order valence-electron chi connectivity index (χ3n) is 4.39. The Bertz CT molecular complexity index is 1040. The van der Waals surface area contributed by atoms with E-state index in [9.17, 15) is 14.0 Å². The van der Waals surface area contributed by atoms with Crippen molar-refractivity contribution in [3.63, 3.8) is 0 Å². The summed E-state index contributed by atoms with van der Waals surface area (Å²) >= 11 is 0. The minimum Gasteiger partial charge on any atom is -0.322 e. The largest absolute Gasteiger partial charge is 0.322 e. The van der Waals surface area contributed by atoms with Gasteiger partial charge in [-0.15, -0.1) is 0 Å². The van der Waals surface area contributed by atoms with Gasteiger partial charge >= 0.3 is 0 Å².